The number of nitrogens with one attached hydrogen (secondary N) is 1. The Labute approximate surface area is 209 Å². The average Bonchev–Trinajstić information content (AvgIpc) is 2.84. The third kappa shape index (κ3) is 5.54. The standard InChI is InChI=1S/C26H33F3N6O/c1-15(2)35-11-9-34(10-12-35)14-18-13-21-24(31-17(4)32-25(21)33-26(18)36-5)30-16(3)19-7-6-8-20(22(19)27)23(28)29/h6-8,13,15-16,23H,9-12,14H2,1-5H3,(H,30,31,32,33). The highest BCUT2D eigenvalue weighted by Crippen LogP contribution is 2.32. The summed E-state index contributed by atoms with van der Waals surface area (Å²) in [7, 11) is 1.59. The van der Waals surface area contributed by atoms with Gasteiger partial charge in [0.25, 0.3) is 6.43 Å². The Morgan fingerprint density at radius 1 is 1.03 bits per heavy atom. The number of alkyl halides is 2. The van der Waals surface area contributed by atoms with Crippen molar-refractivity contribution in [2.45, 2.75) is 52.7 Å². The Morgan fingerprint density at radius 3 is 2.36 bits per heavy atom. The summed E-state index contributed by atoms with van der Waals surface area (Å²) in [5, 5.41) is 3.86. The first-order chi connectivity index (χ1) is 17.2. The van der Waals surface area contributed by atoms with Gasteiger partial charge in [0.1, 0.15) is 17.5 Å². The second-order valence-electron chi connectivity index (χ2n) is 9.47. The van der Waals surface area contributed by atoms with Gasteiger partial charge in [-0.25, -0.2) is 23.1 Å². The second kappa shape index (κ2) is 11.0. The van der Waals surface area contributed by atoms with Crippen LogP contribution in [0.15, 0.2) is 24.3 Å². The van der Waals surface area contributed by atoms with E-state index >= 15 is 0 Å². The van der Waals surface area contributed by atoms with Crippen LogP contribution in [0.25, 0.3) is 11.0 Å². The maximum absolute atomic E-state index is 14.8. The van der Waals surface area contributed by atoms with E-state index in [0.29, 0.717) is 41.1 Å². The molecule has 1 aliphatic rings. The summed E-state index contributed by atoms with van der Waals surface area (Å²) >= 11 is 0. The van der Waals surface area contributed by atoms with Crippen LogP contribution >= 0.6 is 0 Å². The van der Waals surface area contributed by atoms with Crippen LogP contribution in [-0.2, 0) is 6.54 Å². The van der Waals surface area contributed by atoms with E-state index in [-0.39, 0.29) is 5.56 Å². The number of hydrogen-bond donors (Lipinski definition) is 1. The van der Waals surface area contributed by atoms with E-state index in [1.165, 1.54) is 12.1 Å². The lowest BCUT2D eigenvalue weighted by Gasteiger charge is -2.37. The van der Waals surface area contributed by atoms with Crippen molar-refractivity contribution in [1.29, 1.82) is 0 Å². The predicted octanol–water partition coefficient (Wildman–Crippen LogP) is 5.12. The molecule has 1 N–H and O–H groups in total. The third-order valence-corrected chi connectivity index (χ3v) is 6.68. The second-order valence-corrected chi connectivity index (χ2v) is 9.47. The third-order valence-electron chi connectivity index (χ3n) is 6.68. The largest absolute Gasteiger partial charge is 0.481 e. The van der Waals surface area contributed by atoms with E-state index in [0.717, 1.165) is 37.8 Å². The number of halogens is 3. The summed E-state index contributed by atoms with van der Waals surface area (Å²) in [4.78, 5) is 18.4. The van der Waals surface area contributed by atoms with Crippen LogP contribution in [-0.4, -0.2) is 64.1 Å². The van der Waals surface area contributed by atoms with Crippen molar-refractivity contribution >= 4 is 16.9 Å². The first kappa shape index (κ1) is 26.1. The number of pyridine rings is 1. The van der Waals surface area contributed by atoms with Crippen LogP contribution in [0.1, 0.15) is 55.8 Å². The molecule has 1 atom stereocenters. The van der Waals surface area contributed by atoms with Crippen LogP contribution in [0.2, 0.25) is 0 Å². The number of piperazine rings is 1. The number of nitrogens with zero attached hydrogens (tertiary/aromatic N) is 5. The van der Waals surface area contributed by atoms with Crippen molar-refractivity contribution < 1.29 is 17.9 Å². The highest BCUT2D eigenvalue weighted by atomic mass is 19.3. The van der Waals surface area contributed by atoms with Crippen LogP contribution in [0, 0.1) is 12.7 Å². The fourth-order valence-electron chi connectivity index (χ4n) is 4.62. The van der Waals surface area contributed by atoms with Crippen LogP contribution < -0.4 is 10.1 Å². The van der Waals surface area contributed by atoms with E-state index in [1.807, 2.05) is 6.07 Å². The molecular weight excluding hydrogens is 469 g/mol. The molecule has 1 unspecified atom stereocenters. The van der Waals surface area contributed by atoms with Crippen LogP contribution in [0.5, 0.6) is 5.88 Å². The van der Waals surface area contributed by atoms with Crippen molar-refractivity contribution in [3.05, 3.63) is 52.6 Å². The Hall–Kier alpha value is -2.98. The normalized spacial score (nSPS) is 16.2. The molecule has 1 fully saturated rings. The summed E-state index contributed by atoms with van der Waals surface area (Å²) < 4.78 is 46.8. The number of fused-ring (bicyclic) bond motifs is 1. The Bertz CT molecular complexity index is 1210. The quantitative estimate of drug-likeness (QED) is 0.459. The van der Waals surface area contributed by atoms with Gasteiger partial charge in [-0.2, -0.15) is 4.98 Å². The zero-order valence-corrected chi connectivity index (χ0v) is 21.4. The molecule has 10 heteroatoms. The first-order valence-corrected chi connectivity index (χ1v) is 12.2. The SMILES string of the molecule is COc1nc2nc(C)nc(NC(C)c3cccc(C(F)F)c3F)c2cc1CN1CCN(C(C)C)CC1. The fraction of sp³-hybridized carbons (Fsp3) is 0.500. The first-order valence-electron chi connectivity index (χ1n) is 12.2. The lowest BCUT2D eigenvalue weighted by atomic mass is 10.0. The highest BCUT2D eigenvalue weighted by Gasteiger charge is 2.23. The van der Waals surface area contributed by atoms with E-state index in [2.05, 4.69) is 43.9 Å². The number of aromatic nitrogens is 3. The number of aryl methyl sites for hydroxylation is 1. The van der Waals surface area contributed by atoms with E-state index < -0.39 is 23.8 Å². The van der Waals surface area contributed by atoms with Gasteiger partial charge in [0, 0.05) is 49.9 Å². The molecular formula is C26H33F3N6O. The van der Waals surface area contributed by atoms with Gasteiger partial charge in [0.15, 0.2) is 5.65 Å². The molecule has 0 bridgehead atoms. The van der Waals surface area contributed by atoms with Gasteiger partial charge >= 0.3 is 0 Å². The number of hydrogen-bond acceptors (Lipinski definition) is 7. The van der Waals surface area contributed by atoms with Gasteiger partial charge < -0.3 is 10.1 Å². The molecule has 7 nitrogen and oxygen atoms in total. The minimum atomic E-state index is -2.89. The minimum Gasteiger partial charge on any atom is -0.481 e. The van der Waals surface area contributed by atoms with Gasteiger partial charge in [-0.15, -0.1) is 0 Å². The molecule has 3 heterocycles. The summed E-state index contributed by atoms with van der Waals surface area (Å²) in [6.45, 7) is 12.4. The maximum atomic E-state index is 14.8. The highest BCUT2D eigenvalue weighted by molar-refractivity contribution is 5.87. The number of methoxy groups -OCH3 is 1. The van der Waals surface area contributed by atoms with E-state index in [4.69, 9.17) is 4.74 Å². The van der Waals surface area contributed by atoms with Crippen LogP contribution in [0.4, 0.5) is 19.0 Å². The summed E-state index contributed by atoms with van der Waals surface area (Å²) in [5.41, 5.74) is 0.874. The van der Waals surface area contributed by atoms with Gasteiger partial charge in [0.05, 0.1) is 24.1 Å². The zero-order valence-electron chi connectivity index (χ0n) is 21.4. The minimum absolute atomic E-state index is 0.141. The molecule has 2 aromatic heterocycles. The molecule has 0 aliphatic carbocycles. The molecule has 194 valence electrons. The molecule has 0 saturated carbocycles. The summed E-state index contributed by atoms with van der Waals surface area (Å²) in [6.07, 6.45) is -2.89. The lowest BCUT2D eigenvalue weighted by Crippen LogP contribution is -2.48. The van der Waals surface area contributed by atoms with Crippen LogP contribution in [0.3, 0.4) is 0 Å². The van der Waals surface area contributed by atoms with Gasteiger partial charge in [-0.1, -0.05) is 18.2 Å². The number of anilines is 1. The Morgan fingerprint density at radius 2 is 1.72 bits per heavy atom. The number of ether oxygens (including phenoxy) is 1. The maximum Gasteiger partial charge on any atom is 0.266 e. The van der Waals surface area contributed by atoms with Crippen molar-refractivity contribution in [3.63, 3.8) is 0 Å². The fourth-order valence-corrected chi connectivity index (χ4v) is 4.62. The molecule has 1 aliphatic heterocycles. The van der Waals surface area contributed by atoms with E-state index in [1.54, 1.807) is 21.0 Å². The van der Waals surface area contributed by atoms with Crippen molar-refractivity contribution in [2.75, 3.05) is 38.6 Å². The van der Waals surface area contributed by atoms with Gasteiger partial charge in [-0.05, 0) is 33.8 Å². The monoisotopic (exact) mass is 502 g/mol. The molecule has 1 aromatic carbocycles. The number of benzene rings is 1. The molecule has 3 aromatic rings. The van der Waals surface area contributed by atoms with Crippen molar-refractivity contribution in [2.24, 2.45) is 0 Å². The summed E-state index contributed by atoms with van der Waals surface area (Å²) in [5.74, 6) is 0.532. The molecule has 0 amide bonds. The topological polar surface area (TPSA) is 66.4 Å². The molecule has 1 saturated heterocycles. The smallest absolute Gasteiger partial charge is 0.266 e. The predicted molar refractivity (Wildman–Crippen MR) is 134 cm³/mol. The molecule has 0 radical (unpaired) electrons. The Balaban J connectivity index is 1.65. The molecule has 0 spiro atoms. The van der Waals surface area contributed by atoms with Crippen molar-refractivity contribution in [3.8, 4) is 5.88 Å². The lowest BCUT2D eigenvalue weighted by molar-refractivity contribution is 0.103. The van der Waals surface area contributed by atoms with Gasteiger partial charge in [0.2, 0.25) is 5.88 Å². The summed E-state index contributed by atoms with van der Waals surface area (Å²) in [6, 6.07) is 5.89. The molecule has 36 heavy (non-hydrogen) atoms. The zero-order chi connectivity index (χ0) is 26.0. The van der Waals surface area contributed by atoms with E-state index in [9.17, 15) is 13.2 Å². The number of rotatable bonds is 8. The average molecular weight is 503 g/mol. The Kier molecular flexibility index (Phi) is 7.94. The molecule has 4 rings (SSSR count). The van der Waals surface area contributed by atoms with Crippen molar-refractivity contribution in [1.82, 2.24) is 24.8 Å². The van der Waals surface area contributed by atoms with Gasteiger partial charge in [-0.3, -0.25) is 9.80 Å².